The summed E-state index contributed by atoms with van der Waals surface area (Å²) in [5.74, 6) is 0.357. The van der Waals surface area contributed by atoms with Gasteiger partial charge < -0.3 is 5.32 Å². The van der Waals surface area contributed by atoms with E-state index in [1.807, 2.05) is 6.07 Å². The highest BCUT2D eigenvalue weighted by atomic mass is 35.5. The molecule has 0 amide bonds. The Bertz CT molecular complexity index is 425. The molecule has 1 aromatic rings. The average molecular weight is 314 g/mol. The van der Waals surface area contributed by atoms with E-state index in [0.717, 1.165) is 44.3 Å². The SMILES string of the molecule is CCCC(CCC)(CNCC(C)C)c1ccc(F)cc1Cl. The normalized spacial score (nSPS) is 12.1. The Morgan fingerprint density at radius 2 is 1.81 bits per heavy atom. The molecule has 0 fully saturated rings. The average Bonchev–Trinajstić information content (AvgIpc) is 2.38. The Hall–Kier alpha value is -0.600. The van der Waals surface area contributed by atoms with Crippen molar-refractivity contribution >= 4 is 11.6 Å². The highest BCUT2D eigenvalue weighted by Gasteiger charge is 2.32. The Morgan fingerprint density at radius 3 is 2.29 bits per heavy atom. The van der Waals surface area contributed by atoms with E-state index >= 15 is 0 Å². The summed E-state index contributed by atoms with van der Waals surface area (Å²) < 4.78 is 13.4. The number of rotatable bonds is 9. The Kier molecular flexibility index (Phi) is 7.69. The van der Waals surface area contributed by atoms with E-state index in [2.05, 4.69) is 33.0 Å². The lowest BCUT2D eigenvalue weighted by Crippen LogP contribution is -2.39. The molecule has 0 bridgehead atoms. The fourth-order valence-electron chi connectivity index (χ4n) is 3.14. The van der Waals surface area contributed by atoms with Gasteiger partial charge in [0.1, 0.15) is 5.82 Å². The van der Waals surface area contributed by atoms with E-state index in [4.69, 9.17) is 11.6 Å². The fourth-order valence-corrected chi connectivity index (χ4v) is 3.51. The van der Waals surface area contributed by atoms with Crippen molar-refractivity contribution in [3.63, 3.8) is 0 Å². The molecule has 120 valence electrons. The molecule has 0 radical (unpaired) electrons. The van der Waals surface area contributed by atoms with Crippen molar-refractivity contribution in [1.82, 2.24) is 5.32 Å². The van der Waals surface area contributed by atoms with Gasteiger partial charge in [0, 0.05) is 17.0 Å². The molecule has 0 aromatic heterocycles. The zero-order valence-electron chi connectivity index (χ0n) is 13.8. The van der Waals surface area contributed by atoms with Gasteiger partial charge in [-0.05, 0) is 43.0 Å². The van der Waals surface area contributed by atoms with Crippen LogP contribution in [-0.4, -0.2) is 13.1 Å². The summed E-state index contributed by atoms with van der Waals surface area (Å²) in [6.07, 6.45) is 4.32. The molecular weight excluding hydrogens is 285 g/mol. The van der Waals surface area contributed by atoms with Gasteiger partial charge in [-0.3, -0.25) is 0 Å². The Labute approximate surface area is 134 Å². The van der Waals surface area contributed by atoms with E-state index in [1.54, 1.807) is 0 Å². The van der Waals surface area contributed by atoms with Crippen LogP contribution in [0.2, 0.25) is 5.02 Å². The zero-order valence-corrected chi connectivity index (χ0v) is 14.6. The molecule has 0 unspecified atom stereocenters. The second-order valence-electron chi connectivity index (χ2n) is 6.43. The van der Waals surface area contributed by atoms with Crippen LogP contribution in [-0.2, 0) is 5.41 Å². The summed E-state index contributed by atoms with van der Waals surface area (Å²) in [4.78, 5) is 0. The van der Waals surface area contributed by atoms with Crippen LogP contribution in [0.3, 0.4) is 0 Å². The van der Waals surface area contributed by atoms with Gasteiger partial charge in [0.15, 0.2) is 0 Å². The molecule has 1 aromatic carbocycles. The quantitative estimate of drug-likeness (QED) is 0.629. The Morgan fingerprint density at radius 1 is 1.19 bits per heavy atom. The molecule has 0 atom stereocenters. The number of halogens is 2. The van der Waals surface area contributed by atoms with Crippen molar-refractivity contribution in [2.75, 3.05) is 13.1 Å². The smallest absolute Gasteiger partial charge is 0.124 e. The van der Waals surface area contributed by atoms with Gasteiger partial charge in [-0.2, -0.15) is 0 Å². The second-order valence-corrected chi connectivity index (χ2v) is 6.84. The predicted molar refractivity (Wildman–Crippen MR) is 90.6 cm³/mol. The lowest BCUT2D eigenvalue weighted by molar-refractivity contribution is 0.328. The van der Waals surface area contributed by atoms with E-state index in [1.165, 1.54) is 12.1 Å². The Balaban J connectivity index is 3.08. The van der Waals surface area contributed by atoms with Crippen LogP contribution in [0.25, 0.3) is 0 Å². The van der Waals surface area contributed by atoms with Crippen molar-refractivity contribution in [1.29, 1.82) is 0 Å². The van der Waals surface area contributed by atoms with E-state index in [0.29, 0.717) is 10.9 Å². The first-order valence-corrected chi connectivity index (χ1v) is 8.49. The minimum Gasteiger partial charge on any atom is -0.316 e. The third-order valence-electron chi connectivity index (χ3n) is 3.98. The van der Waals surface area contributed by atoms with Gasteiger partial charge in [0.05, 0.1) is 0 Å². The highest BCUT2D eigenvalue weighted by Crippen LogP contribution is 2.38. The molecule has 0 heterocycles. The summed E-state index contributed by atoms with van der Waals surface area (Å²) in [5, 5.41) is 4.14. The third kappa shape index (κ3) is 5.27. The fraction of sp³-hybridized carbons (Fsp3) is 0.667. The van der Waals surface area contributed by atoms with Crippen LogP contribution in [0.4, 0.5) is 4.39 Å². The molecule has 0 spiro atoms. The van der Waals surface area contributed by atoms with Crippen LogP contribution in [0, 0.1) is 11.7 Å². The maximum Gasteiger partial charge on any atom is 0.124 e. The molecule has 1 nitrogen and oxygen atoms in total. The first-order valence-electron chi connectivity index (χ1n) is 8.11. The van der Waals surface area contributed by atoms with E-state index < -0.39 is 0 Å². The molecule has 21 heavy (non-hydrogen) atoms. The van der Waals surface area contributed by atoms with Gasteiger partial charge in [0.2, 0.25) is 0 Å². The van der Waals surface area contributed by atoms with Crippen molar-refractivity contribution in [3.05, 3.63) is 34.6 Å². The highest BCUT2D eigenvalue weighted by molar-refractivity contribution is 6.31. The zero-order chi connectivity index (χ0) is 15.9. The topological polar surface area (TPSA) is 12.0 Å². The largest absolute Gasteiger partial charge is 0.316 e. The van der Waals surface area contributed by atoms with Crippen LogP contribution < -0.4 is 5.32 Å². The van der Waals surface area contributed by atoms with Crippen molar-refractivity contribution < 1.29 is 4.39 Å². The summed E-state index contributed by atoms with van der Waals surface area (Å²) in [6.45, 7) is 10.7. The van der Waals surface area contributed by atoms with E-state index in [-0.39, 0.29) is 11.2 Å². The lowest BCUT2D eigenvalue weighted by Gasteiger charge is -2.36. The molecule has 0 saturated carbocycles. The van der Waals surface area contributed by atoms with Crippen LogP contribution in [0.15, 0.2) is 18.2 Å². The molecule has 0 aliphatic heterocycles. The monoisotopic (exact) mass is 313 g/mol. The van der Waals surface area contributed by atoms with Gasteiger partial charge >= 0.3 is 0 Å². The number of benzene rings is 1. The minimum absolute atomic E-state index is 0.00315. The molecule has 3 heteroatoms. The van der Waals surface area contributed by atoms with Gasteiger partial charge in [0.25, 0.3) is 0 Å². The van der Waals surface area contributed by atoms with Crippen molar-refractivity contribution in [2.24, 2.45) is 5.92 Å². The van der Waals surface area contributed by atoms with E-state index in [9.17, 15) is 4.39 Å². The minimum atomic E-state index is -0.263. The predicted octanol–water partition coefficient (Wildman–Crippen LogP) is 5.56. The summed E-state index contributed by atoms with van der Waals surface area (Å²) >= 11 is 6.36. The van der Waals surface area contributed by atoms with Crippen LogP contribution in [0.5, 0.6) is 0 Å². The first kappa shape index (κ1) is 18.4. The summed E-state index contributed by atoms with van der Waals surface area (Å²) in [6, 6.07) is 4.85. The summed E-state index contributed by atoms with van der Waals surface area (Å²) in [5.41, 5.74) is 1.09. The number of hydrogen-bond acceptors (Lipinski definition) is 1. The van der Waals surface area contributed by atoms with Gasteiger partial charge in [-0.15, -0.1) is 0 Å². The molecule has 1 N–H and O–H groups in total. The number of nitrogens with one attached hydrogen (secondary N) is 1. The molecule has 0 aliphatic rings. The number of hydrogen-bond donors (Lipinski definition) is 1. The van der Waals surface area contributed by atoms with Gasteiger partial charge in [-0.25, -0.2) is 4.39 Å². The first-order chi connectivity index (χ1) is 9.95. The molecule has 1 rings (SSSR count). The van der Waals surface area contributed by atoms with Crippen molar-refractivity contribution in [3.8, 4) is 0 Å². The maximum atomic E-state index is 13.4. The van der Waals surface area contributed by atoms with Crippen molar-refractivity contribution in [2.45, 2.75) is 58.8 Å². The van der Waals surface area contributed by atoms with Crippen LogP contribution >= 0.6 is 11.6 Å². The molecule has 0 saturated heterocycles. The summed E-state index contributed by atoms with van der Waals surface area (Å²) in [7, 11) is 0. The van der Waals surface area contributed by atoms with Crippen LogP contribution in [0.1, 0.15) is 58.9 Å². The molecular formula is C18H29ClFN. The lowest BCUT2D eigenvalue weighted by atomic mass is 9.73. The third-order valence-corrected chi connectivity index (χ3v) is 4.29. The standard InChI is InChI=1S/C18H29ClFN/c1-5-9-18(10-6-2,13-21-12-14(3)4)16-8-7-15(20)11-17(16)19/h7-8,11,14,21H,5-6,9-10,12-13H2,1-4H3. The second kappa shape index (κ2) is 8.75. The maximum absolute atomic E-state index is 13.4. The molecule has 0 aliphatic carbocycles. The van der Waals surface area contributed by atoms with Gasteiger partial charge in [-0.1, -0.05) is 58.2 Å².